The average molecular weight is 349 g/mol. The van der Waals surface area contributed by atoms with Crippen molar-refractivity contribution in [2.75, 3.05) is 18.4 Å². The molecule has 8 heteroatoms. The lowest BCUT2D eigenvalue weighted by atomic mass is 10.2. The first-order chi connectivity index (χ1) is 11.4. The van der Waals surface area contributed by atoms with E-state index in [1.54, 1.807) is 6.20 Å². The predicted molar refractivity (Wildman–Crippen MR) is 88.6 cm³/mol. The van der Waals surface area contributed by atoms with E-state index < -0.39 is 16.0 Å². The van der Waals surface area contributed by atoms with Gasteiger partial charge in [-0.1, -0.05) is 18.9 Å². The van der Waals surface area contributed by atoms with Crippen LogP contribution in [0.5, 0.6) is 0 Å². The van der Waals surface area contributed by atoms with Gasteiger partial charge in [0, 0.05) is 25.0 Å². The molecule has 1 aromatic rings. The van der Waals surface area contributed by atoms with Crippen LogP contribution in [-0.2, 0) is 14.9 Å². The Balaban J connectivity index is 2.13. The standard InChI is InChI=1S/C16H19N3O4S/c17-11-13(12-19-8-3-1-2-4-9-19)16(20)18-14-6-5-7-15(10-14)24(21,22)23/h5-7,10,12H,1-4,8-9H2,(H,18,20)(H,21,22,23)/b13-12-. The Bertz CT molecular complexity index is 773. The summed E-state index contributed by atoms with van der Waals surface area (Å²) in [6, 6.07) is 7.09. The van der Waals surface area contributed by atoms with Crippen molar-refractivity contribution in [3.05, 3.63) is 36.0 Å². The molecule has 0 unspecified atom stereocenters. The van der Waals surface area contributed by atoms with Gasteiger partial charge >= 0.3 is 0 Å². The summed E-state index contributed by atoms with van der Waals surface area (Å²) in [6.45, 7) is 1.60. The number of anilines is 1. The molecule has 0 aliphatic carbocycles. The zero-order valence-electron chi connectivity index (χ0n) is 13.1. The fraction of sp³-hybridized carbons (Fsp3) is 0.375. The van der Waals surface area contributed by atoms with E-state index in [1.807, 2.05) is 11.0 Å². The molecule has 0 spiro atoms. The first-order valence-electron chi connectivity index (χ1n) is 7.65. The third kappa shape index (κ3) is 5.08. The van der Waals surface area contributed by atoms with Crippen LogP contribution in [0.3, 0.4) is 0 Å². The van der Waals surface area contributed by atoms with E-state index >= 15 is 0 Å². The van der Waals surface area contributed by atoms with Crippen LogP contribution < -0.4 is 5.32 Å². The molecule has 1 aliphatic heterocycles. The Morgan fingerprint density at radius 2 is 1.92 bits per heavy atom. The van der Waals surface area contributed by atoms with Crippen molar-refractivity contribution in [3.8, 4) is 6.07 Å². The number of hydrogen-bond acceptors (Lipinski definition) is 5. The van der Waals surface area contributed by atoms with Gasteiger partial charge < -0.3 is 10.2 Å². The number of nitrogens with zero attached hydrogens (tertiary/aromatic N) is 2. The summed E-state index contributed by atoms with van der Waals surface area (Å²) < 4.78 is 31.3. The highest BCUT2D eigenvalue weighted by Crippen LogP contribution is 2.16. The molecule has 1 heterocycles. The molecule has 1 fully saturated rings. The third-order valence-corrected chi connectivity index (χ3v) is 4.56. The van der Waals surface area contributed by atoms with Crippen molar-refractivity contribution >= 4 is 21.7 Å². The normalized spacial score (nSPS) is 16.2. The van der Waals surface area contributed by atoms with Crippen molar-refractivity contribution in [2.45, 2.75) is 30.6 Å². The van der Waals surface area contributed by atoms with Crippen molar-refractivity contribution < 1.29 is 17.8 Å². The Morgan fingerprint density at radius 3 is 2.50 bits per heavy atom. The highest BCUT2D eigenvalue weighted by Gasteiger charge is 2.15. The third-order valence-electron chi connectivity index (χ3n) is 3.71. The zero-order valence-corrected chi connectivity index (χ0v) is 13.9. The summed E-state index contributed by atoms with van der Waals surface area (Å²) in [4.78, 5) is 13.9. The van der Waals surface area contributed by atoms with Crippen LogP contribution in [0.4, 0.5) is 5.69 Å². The number of nitriles is 1. The number of likely N-dealkylation sites (tertiary alicyclic amines) is 1. The van der Waals surface area contributed by atoms with Gasteiger partial charge in [-0.05, 0) is 31.0 Å². The molecule has 1 aliphatic rings. The molecule has 2 rings (SSSR count). The van der Waals surface area contributed by atoms with Crippen LogP contribution in [0.25, 0.3) is 0 Å². The molecular formula is C16H19N3O4S. The number of rotatable bonds is 4. The van der Waals surface area contributed by atoms with E-state index in [0.29, 0.717) is 0 Å². The van der Waals surface area contributed by atoms with Gasteiger partial charge in [-0.3, -0.25) is 9.35 Å². The minimum atomic E-state index is -4.35. The molecule has 0 aromatic heterocycles. The van der Waals surface area contributed by atoms with Crippen LogP contribution in [-0.4, -0.2) is 36.9 Å². The number of amides is 1. The lowest BCUT2D eigenvalue weighted by molar-refractivity contribution is -0.112. The van der Waals surface area contributed by atoms with E-state index in [0.717, 1.165) is 44.8 Å². The molecule has 2 N–H and O–H groups in total. The molecular weight excluding hydrogens is 330 g/mol. The fourth-order valence-corrected chi connectivity index (χ4v) is 3.00. The van der Waals surface area contributed by atoms with Gasteiger partial charge in [0.25, 0.3) is 16.0 Å². The molecule has 7 nitrogen and oxygen atoms in total. The van der Waals surface area contributed by atoms with Gasteiger partial charge in [-0.2, -0.15) is 13.7 Å². The zero-order chi connectivity index (χ0) is 17.6. The molecule has 0 saturated carbocycles. The van der Waals surface area contributed by atoms with Gasteiger partial charge in [0.1, 0.15) is 11.6 Å². The largest absolute Gasteiger partial charge is 0.376 e. The Kier molecular flexibility index (Phi) is 5.95. The van der Waals surface area contributed by atoms with Gasteiger partial charge in [-0.25, -0.2) is 0 Å². The average Bonchev–Trinajstić information content (AvgIpc) is 2.80. The second-order valence-corrected chi connectivity index (χ2v) is 6.98. The topological polar surface area (TPSA) is 111 Å². The summed E-state index contributed by atoms with van der Waals surface area (Å²) in [5.41, 5.74) is 0.140. The fourth-order valence-electron chi connectivity index (χ4n) is 2.48. The number of nitrogens with one attached hydrogen (secondary N) is 1. The van der Waals surface area contributed by atoms with Gasteiger partial charge in [0.2, 0.25) is 0 Å². The number of benzene rings is 1. The van der Waals surface area contributed by atoms with E-state index in [9.17, 15) is 18.5 Å². The number of carbonyl (C=O) groups is 1. The molecule has 1 aromatic carbocycles. The molecule has 0 bridgehead atoms. The Labute approximate surface area is 141 Å². The van der Waals surface area contributed by atoms with Gasteiger partial charge in [0.15, 0.2) is 0 Å². The highest BCUT2D eigenvalue weighted by atomic mass is 32.2. The Morgan fingerprint density at radius 1 is 1.25 bits per heavy atom. The van der Waals surface area contributed by atoms with Gasteiger partial charge in [-0.15, -0.1) is 0 Å². The highest BCUT2D eigenvalue weighted by molar-refractivity contribution is 7.85. The number of hydrogen-bond donors (Lipinski definition) is 2. The summed E-state index contributed by atoms with van der Waals surface area (Å²) in [7, 11) is -4.35. The van der Waals surface area contributed by atoms with Crippen LogP contribution in [0.2, 0.25) is 0 Å². The molecule has 1 saturated heterocycles. The first kappa shape index (κ1) is 18.0. The molecule has 24 heavy (non-hydrogen) atoms. The Hall–Kier alpha value is -2.37. The van der Waals surface area contributed by atoms with Crippen molar-refractivity contribution in [2.24, 2.45) is 0 Å². The summed E-state index contributed by atoms with van der Waals surface area (Å²) in [5, 5.41) is 11.7. The lowest BCUT2D eigenvalue weighted by Gasteiger charge is -2.17. The van der Waals surface area contributed by atoms with Crippen LogP contribution >= 0.6 is 0 Å². The number of carbonyl (C=O) groups excluding carboxylic acids is 1. The lowest BCUT2D eigenvalue weighted by Crippen LogP contribution is -2.22. The van der Waals surface area contributed by atoms with E-state index in [4.69, 9.17) is 4.55 Å². The van der Waals surface area contributed by atoms with Crippen LogP contribution in [0, 0.1) is 11.3 Å². The molecule has 128 valence electrons. The minimum absolute atomic E-state index is 0.0471. The van der Waals surface area contributed by atoms with Crippen molar-refractivity contribution in [1.82, 2.24) is 4.90 Å². The van der Waals surface area contributed by atoms with E-state index in [2.05, 4.69) is 5.32 Å². The second-order valence-electron chi connectivity index (χ2n) is 5.56. The van der Waals surface area contributed by atoms with Crippen LogP contribution in [0.15, 0.2) is 40.9 Å². The van der Waals surface area contributed by atoms with E-state index in [-0.39, 0.29) is 16.2 Å². The maximum Gasteiger partial charge on any atom is 0.294 e. The van der Waals surface area contributed by atoms with Crippen LogP contribution in [0.1, 0.15) is 25.7 Å². The maximum absolute atomic E-state index is 12.2. The molecule has 1 amide bonds. The molecule has 0 atom stereocenters. The van der Waals surface area contributed by atoms with Gasteiger partial charge in [0.05, 0.1) is 4.90 Å². The SMILES string of the molecule is N#C/C(=C/N1CCCCCC1)C(=O)Nc1cccc(S(=O)(=O)O)c1. The molecule has 0 radical (unpaired) electrons. The second kappa shape index (κ2) is 7.95. The quantitative estimate of drug-likeness (QED) is 0.489. The smallest absolute Gasteiger partial charge is 0.294 e. The van der Waals surface area contributed by atoms with Crippen molar-refractivity contribution in [1.29, 1.82) is 5.26 Å². The maximum atomic E-state index is 12.2. The minimum Gasteiger partial charge on any atom is -0.376 e. The first-order valence-corrected chi connectivity index (χ1v) is 9.09. The summed E-state index contributed by atoms with van der Waals surface area (Å²) in [6.07, 6.45) is 5.87. The summed E-state index contributed by atoms with van der Waals surface area (Å²) >= 11 is 0. The summed E-state index contributed by atoms with van der Waals surface area (Å²) in [5.74, 6) is -0.616. The monoisotopic (exact) mass is 349 g/mol. The predicted octanol–water partition coefficient (Wildman–Crippen LogP) is 2.16. The van der Waals surface area contributed by atoms with E-state index in [1.165, 1.54) is 18.2 Å². The van der Waals surface area contributed by atoms with Crippen molar-refractivity contribution in [3.63, 3.8) is 0 Å².